The number of nitrogens with one attached hydrogen (secondary N) is 2. The zero-order chi connectivity index (χ0) is 19.6. The summed E-state index contributed by atoms with van der Waals surface area (Å²) in [5, 5.41) is 6.80. The van der Waals surface area contributed by atoms with Gasteiger partial charge in [-0.1, -0.05) is 6.92 Å². The smallest absolute Gasteiger partial charge is 0.203 e. The molecule has 0 saturated carbocycles. The van der Waals surface area contributed by atoms with Crippen molar-refractivity contribution in [1.29, 1.82) is 0 Å². The maximum Gasteiger partial charge on any atom is 0.203 e. The average Bonchev–Trinajstić information content (AvgIpc) is 3.17. The molecule has 0 aliphatic carbocycles. The summed E-state index contributed by atoms with van der Waals surface area (Å²) in [6.45, 7) is 10.1. The molecular formula is C20H34N4O3. The van der Waals surface area contributed by atoms with E-state index in [2.05, 4.69) is 29.4 Å². The zero-order valence-electron chi connectivity index (χ0n) is 17.3. The predicted molar refractivity (Wildman–Crippen MR) is 109 cm³/mol. The number of guanidine groups is 1. The number of benzene rings is 1. The molecule has 1 heterocycles. The zero-order valence-corrected chi connectivity index (χ0v) is 17.3. The monoisotopic (exact) mass is 378 g/mol. The van der Waals surface area contributed by atoms with E-state index in [1.807, 2.05) is 12.1 Å². The first-order valence-electron chi connectivity index (χ1n) is 9.68. The van der Waals surface area contributed by atoms with Crippen LogP contribution in [0.3, 0.4) is 0 Å². The van der Waals surface area contributed by atoms with E-state index >= 15 is 0 Å². The van der Waals surface area contributed by atoms with E-state index in [9.17, 15) is 0 Å². The van der Waals surface area contributed by atoms with Crippen molar-refractivity contribution in [2.75, 3.05) is 54.1 Å². The molecule has 1 aromatic carbocycles. The summed E-state index contributed by atoms with van der Waals surface area (Å²) < 4.78 is 16.2. The fourth-order valence-electron chi connectivity index (χ4n) is 3.35. The Morgan fingerprint density at radius 2 is 1.81 bits per heavy atom. The molecule has 0 amide bonds. The highest BCUT2D eigenvalue weighted by Crippen LogP contribution is 2.38. The van der Waals surface area contributed by atoms with Crippen molar-refractivity contribution in [1.82, 2.24) is 15.5 Å². The fourth-order valence-corrected chi connectivity index (χ4v) is 3.35. The molecule has 1 aromatic rings. The van der Waals surface area contributed by atoms with Crippen LogP contribution >= 0.6 is 0 Å². The van der Waals surface area contributed by atoms with E-state index in [-0.39, 0.29) is 0 Å². The fraction of sp³-hybridized carbons (Fsp3) is 0.650. The molecule has 152 valence electrons. The number of methoxy groups -OCH3 is 3. The third-order valence-corrected chi connectivity index (χ3v) is 4.86. The number of likely N-dealkylation sites (tertiary alicyclic amines) is 1. The predicted octanol–water partition coefficient (Wildman–Crippen LogP) is 2.11. The minimum absolute atomic E-state index is 0.526. The van der Waals surface area contributed by atoms with Crippen LogP contribution in [0, 0.1) is 5.92 Å². The topological polar surface area (TPSA) is 67.4 Å². The van der Waals surface area contributed by atoms with Gasteiger partial charge in [-0.3, -0.25) is 0 Å². The molecule has 7 nitrogen and oxygen atoms in total. The van der Waals surface area contributed by atoms with Crippen LogP contribution in [0.5, 0.6) is 17.2 Å². The van der Waals surface area contributed by atoms with Crippen LogP contribution < -0.4 is 24.8 Å². The summed E-state index contributed by atoms with van der Waals surface area (Å²) in [5.41, 5.74) is 1.000. The van der Waals surface area contributed by atoms with Gasteiger partial charge in [-0.25, -0.2) is 4.99 Å². The van der Waals surface area contributed by atoms with Crippen molar-refractivity contribution in [3.63, 3.8) is 0 Å². The molecule has 1 fully saturated rings. The van der Waals surface area contributed by atoms with Crippen LogP contribution in [0.4, 0.5) is 0 Å². The summed E-state index contributed by atoms with van der Waals surface area (Å²) in [6, 6.07) is 3.87. The van der Waals surface area contributed by atoms with Gasteiger partial charge in [0, 0.05) is 19.6 Å². The van der Waals surface area contributed by atoms with Crippen LogP contribution in [0.1, 0.15) is 25.8 Å². The molecule has 1 aliphatic heterocycles. The lowest BCUT2D eigenvalue weighted by molar-refractivity contribution is 0.324. The van der Waals surface area contributed by atoms with E-state index in [1.54, 1.807) is 21.3 Å². The quantitative estimate of drug-likeness (QED) is 0.507. The molecule has 2 N–H and O–H groups in total. The molecule has 1 aliphatic rings. The maximum atomic E-state index is 5.42. The highest BCUT2D eigenvalue weighted by molar-refractivity contribution is 5.79. The average molecular weight is 379 g/mol. The standard InChI is InChI=1S/C20H34N4O3/c1-6-21-20(22-12-15-8-9-24(7-2)14-15)23-13-16-10-17(25-3)19(27-5)18(11-16)26-4/h10-11,15H,6-9,12-14H2,1-5H3,(H2,21,22,23). The molecule has 1 atom stereocenters. The Morgan fingerprint density at radius 3 is 2.33 bits per heavy atom. The van der Waals surface area contributed by atoms with Crippen LogP contribution in [-0.2, 0) is 6.54 Å². The molecule has 27 heavy (non-hydrogen) atoms. The maximum absolute atomic E-state index is 5.42. The lowest BCUT2D eigenvalue weighted by Crippen LogP contribution is -2.40. The minimum atomic E-state index is 0.526. The minimum Gasteiger partial charge on any atom is -0.493 e. The van der Waals surface area contributed by atoms with E-state index in [1.165, 1.54) is 13.0 Å². The van der Waals surface area contributed by atoms with Crippen molar-refractivity contribution in [2.45, 2.75) is 26.8 Å². The van der Waals surface area contributed by atoms with Crippen LogP contribution in [0.15, 0.2) is 17.1 Å². The Hall–Kier alpha value is -2.15. The van der Waals surface area contributed by atoms with Crippen molar-refractivity contribution >= 4 is 5.96 Å². The molecule has 0 radical (unpaired) electrons. The largest absolute Gasteiger partial charge is 0.493 e. The summed E-state index contributed by atoms with van der Waals surface area (Å²) in [6.07, 6.45) is 1.24. The van der Waals surface area contributed by atoms with Gasteiger partial charge >= 0.3 is 0 Å². The lowest BCUT2D eigenvalue weighted by atomic mass is 10.1. The van der Waals surface area contributed by atoms with Gasteiger partial charge in [0.2, 0.25) is 5.75 Å². The Balaban J connectivity index is 2.03. The van der Waals surface area contributed by atoms with Gasteiger partial charge in [-0.2, -0.15) is 0 Å². The van der Waals surface area contributed by atoms with Crippen LogP contribution in [0.2, 0.25) is 0 Å². The Morgan fingerprint density at radius 1 is 1.11 bits per heavy atom. The van der Waals surface area contributed by atoms with Crippen molar-refractivity contribution in [2.24, 2.45) is 10.9 Å². The summed E-state index contributed by atoms with van der Waals surface area (Å²) in [4.78, 5) is 7.21. The first kappa shape index (κ1) is 21.2. The lowest BCUT2D eigenvalue weighted by Gasteiger charge is -2.17. The SMILES string of the molecule is CCNC(=NCc1cc(OC)c(OC)c(OC)c1)NCC1CCN(CC)C1. The number of rotatable bonds is 9. The summed E-state index contributed by atoms with van der Waals surface area (Å²) in [7, 11) is 4.85. The first-order valence-corrected chi connectivity index (χ1v) is 9.68. The van der Waals surface area contributed by atoms with E-state index in [4.69, 9.17) is 19.2 Å². The normalized spacial score (nSPS) is 17.7. The Kier molecular flexibility index (Phi) is 8.51. The highest BCUT2D eigenvalue weighted by atomic mass is 16.5. The molecule has 0 aromatic heterocycles. The Labute approximate surface area is 163 Å². The molecule has 1 saturated heterocycles. The molecule has 2 rings (SSSR count). The molecule has 7 heteroatoms. The number of ether oxygens (including phenoxy) is 3. The van der Waals surface area contributed by atoms with Gasteiger partial charge in [-0.15, -0.1) is 0 Å². The van der Waals surface area contributed by atoms with Crippen LogP contribution in [-0.4, -0.2) is 64.9 Å². The van der Waals surface area contributed by atoms with Crippen molar-refractivity contribution in [3.05, 3.63) is 17.7 Å². The third kappa shape index (κ3) is 5.92. The first-order chi connectivity index (χ1) is 13.1. The number of hydrogen-bond acceptors (Lipinski definition) is 5. The summed E-state index contributed by atoms with van der Waals surface area (Å²) >= 11 is 0. The second kappa shape index (κ2) is 10.9. The van der Waals surface area contributed by atoms with Gasteiger partial charge in [0.05, 0.1) is 27.9 Å². The second-order valence-electron chi connectivity index (χ2n) is 6.66. The highest BCUT2D eigenvalue weighted by Gasteiger charge is 2.21. The van der Waals surface area contributed by atoms with Crippen molar-refractivity contribution in [3.8, 4) is 17.2 Å². The molecule has 0 spiro atoms. The third-order valence-electron chi connectivity index (χ3n) is 4.86. The molecule has 1 unspecified atom stereocenters. The Bertz CT molecular complexity index is 596. The number of nitrogens with zero attached hydrogens (tertiary/aromatic N) is 2. The van der Waals surface area contributed by atoms with Gasteiger partial charge in [-0.05, 0) is 50.0 Å². The number of aliphatic imine (C=N–C) groups is 1. The second-order valence-corrected chi connectivity index (χ2v) is 6.66. The van der Waals surface area contributed by atoms with Crippen molar-refractivity contribution < 1.29 is 14.2 Å². The summed E-state index contributed by atoms with van der Waals surface area (Å²) in [5.74, 6) is 3.40. The molecule has 0 bridgehead atoms. The van der Waals surface area contributed by atoms with Gasteiger partial charge in [0.15, 0.2) is 17.5 Å². The molecular weight excluding hydrogens is 344 g/mol. The van der Waals surface area contributed by atoms with Gasteiger partial charge in [0.25, 0.3) is 0 Å². The van der Waals surface area contributed by atoms with E-state index < -0.39 is 0 Å². The van der Waals surface area contributed by atoms with E-state index in [0.29, 0.717) is 29.7 Å². The van der Waals surface area contributed by atoms with E-state index in [0.717, 1.165) is 37.7 Å². The van der Waals surface area contributed by atoms with Gasteiger partial charge < -0.3 is 29.7 Å². The number of hydrogen-bond donors (Lipinski definition) is 2. The van der Waals surface area contributed by atoms with Crippen LogP contribution in [0.25, 0.3) is 0 Å². The van der Waals surface area contributed by atoms with Gasteiger partial charge in [0.1, 0.15) is 0 Å².